The third-order valence-electron chi connectivity index (χ3n) is 3.34. The Morgan fingerprint density at radius 1 is 1.10 bits per heavy atom. The van der Waals surface area contributed by atoms with Gasteiger partial charge in [0.15, 0.2) is 0 Å². The Bertz CT molecular complexity index is 726. The van der Waals surface area contributed by atoms with Crippen LogP contribution in [0.25, 0.3) is 10.1 Å². The first-order chi connectivity index (χ1) is 10.3. The van der Waals surface area contributed by atoms with E-state index < -0.39 is 0 Å². The summed E-state index contributed by atoms with van der Waals surface area (Å²) in [5.41, 5.74) is 1.07. The van der Waals surface area contributed by atoms with Crippen LogP contribution >= 0.6 is 22.9 Å². The van der Waals surface area contributed by atoms with E-state index in [2.05, 4.69) is 0 Å². The zero-order valence-corrected chi connectivity index (χ0v) is 12.8. The maximum atomic E-state index is 13.7. The highest BCUT2D eigenvalue weighted by Gasteiger charge is 2.15. The summed E-state index contributed by atoms with van der Waals surface area (Å²) < 4.78 is 20.5. The number of hydrogen-bond acceptors (Lipinski definition) is 2. The Morgan fingerprint density at radius 2 is 1.90 bits per heavy atom. The van der Waals surface area contributed by atoms with Gasteiger partial charge in [-0.15, -0.1) is 22.9 Å². The molecule has 0 aliphatic rings. The van der Waals surface area contributed by atoms with Crippen LogP contribution in [0.2, 0.25) is 0 Å². The molecule has 108 valence electrons. The van der Waals surface area contributed by atoms with Gasteiger partial charge in [0.25, 0.3) is 0 Å². The van der Waals surface area contributed by atoms with Crippen molar-refractivity contribution >= 4 is 33.0 Å². The van der Waals surface area contributed by atoms with Gasteiger partial charge in [-0.1, -0.05) is 30.3 Å². The summed E-state index contributed by atoms with van der Waals surface area (Å²) in [7, 11) is 0. The largest absolute Gasteiger partial charge is 0.485 e. The topological polar surface area (TPSA) is 9.23 Å². The Kier molecular flexibility index (Phi) is 4.42. The van der Waals surface area contributed by atoms with Crippen molar-refractivity contribution in [2.24, 2.45) is 0 Å². The molecule has 3 rings (SSSR count). The van der Waals surface area contributed by atoms with Gasteiger partial charge in [0, 0.05) is 17.7 Å². The second-order valence-electron chi connectivity index (χ2n) is 4.70. The normalized spacial score (nSPS) is 12.5. The molecule has 0 saturated carbocycles. The molecule has 0 amide bonds. The van der Waals surface area contributed by atoms with E-state index in [1.54, 1.807) is 6.07 Å². The molecular weight excluding hydrogens is 307 g/mol. The summed E-state index contributed by atoms with van der Waals surface area (Å²) in [6.07, 6.45) is 0.575. The zero-order valence-electron chi connectivity index (χ0n) is 11.3. The average Bonchev–Trinajstić information content (AvgIpc) is 3.01. The van der Waals surface area contributed by atoms with Crippen LogP contribution < -0.4 is 4.74 Å². The van der Waals surface area contributed by atoms with E-state index in [4.69, 9.17) is 16.3 Å². The summed E-state index contributed by atoms with van der Waals surface area (Å²) in [5.74, 6) is 1.00. The van der Waals surface area contributed by atoms with Gasteiger partial charge in [-0.2, -0.15) is 0 Å². The van der Waals surface area contributed by atoms with Gasteiger partial charge in [-0.25, -0.2) is 4.39 Å². The minimum Gasteiger partial charge on any atom is -0.485 e. The first-order valence-electron chi connectivity index (χ1n) is 6.73. The lowest BCUT2D eigenvalue weighted by Gasteiger charge is -2.19. The highest BCUT2D eigenvalue weighted by atomic mass is 35.5. The number of alkyl halides is 1. The SMILES string of the molecule is Fc1ccc(OC(CCCl)c2ccccc2)c2ccsc12. The number of rotatable bonds is 5. The number of thiophene rings is 1. The molecule has 0 bridgehead atoms. The van der Waals surface area contributed by atoms with Gasteiger partial charge < -0.3 is 4.74 Å². The van der Waals surface area contributed by atoms with Gasteiger partial charge in [0.05, 0.1) is 4.70 Å². The average molecular weight is 321 g/mol. The second kappa shape index (κ2) is 6.46. The highest BCUT2D eigenvalue weighted by Crippen LogP contribution is 2.35. The van der Waals surface area contributed by atoms with Crippen molar-refractivity contribution in [2.45, 2.75) is 12.5 Å². The van der Waals surface area contributed by atoms with Crippen LogP contribution in [0.5, 0.6) is 5.75 Å². The van der Waals surface area contributed by atoms with Gasteiger partial charge in [-0.05, 0) is 29.1 Å². The van der Waals surface area contributed by atoms with Crippen LogP contribution in [0, 0.1) is 5.82 Å². The number of halogens is 2. The minimum absolute atomic E-state index is 0.128. The molecule has 1 heterocycles. The van der Waals surface area contributed by atoms with E-state index >= 15 is 0 Å². The van der Waals surface area contributed by atoms with Crippen LogP contribution in [0.1, 0.15) is 18.1 Å². The van der Waals surface area contributed by atoms with E-state index in [-0.39, 0.29) is 11.9 Å². The Balaban J connectivity index is 1.95. The van der Waals surface area contributed by atoms with Gasteiger partial charge in [0.2, 0.25) is 0 Å². The molecule has 1 unspecified atom stereocenters. The monoisotopic (exact) mass is 320 g/mol. The van der Waals surface area contributed by atoms with Crippen LogP contribution in [-0.2, 0) is 0 Å². The fraction of sp³-hybridized carbons (Fsp3) is 0.176. The molecule has 1 aromatic heterocycles. The van der Waals surface area contributed by atoms with Crippen molar-refractivity contribution in [3.8, 4) is 5.75 Å². The molecular formula is C17H14ClFOS. The maximum Gasteiger partial charge on any atom is 0.141 e. The van der Waals surface area contributed by atoms with Crippen molar-refractivity contribution in [3.05, 3.63) is 65.3 Å². The smallest absolute Gasteiger partial charge is 0.141 e. The number of benzene rings is 2. The van der Waals surface area contributed by atoms with Crippen molar-refractivity contribution in [1.82, 2.24) is 0 Å². The molecule has 0 N–H and O–H groups in total. The fourth-order valence-electron chi connectivity index (χ4n) is 2.32. The zero-order chi connectivity index (χ0) is 14.7. The van der Waals surface area contributed by atoms with Crippen LogP contribution in [0.3, 0.4) is 0 Å². The van der Waals surface area contributed by atoms with Crippen molar-refractivity contribution in [1.29, 1.82) is 0 Å². The van der Waals surface area contributed by atoms with E-state index in [9.17, 15) is 4.39 Å². The van der Waals surface area contributed by atoms with E-state index in [0.29, 0.717) is 22.8 Å². The van der Waals surface area contributed by atoms with Crippen LogP contribution in [-0.4, -0.2) is 5.88 Å². The Morgan fingerprint density at radius 3 is 2.67 bits per heavy atom. The lowest BCUT2D eigenvalue weighted by molar-refractivity contribution is 0.205. The summed E-state index contributed by atoms with van der Waals surface area (Å²) in [4.78, 5) is 0. The Labute approximate surface area is 131 Å². The first-order valence-corrected chi connectivity index (χ1v) is 8.14. The third kappa shape index (κ3) is 3.04. The molecule has 2 aromatic carbocycles. The second-order valence-corrected chi connectivity index (χ2v) is 6.00. The molecule has 0 fully saturated rings. The predicted octanol–water partition coefficient (Wildman–Crippen LogP) is 5.79. The third-order valence-corrected chi connectivity index (χ3v) is 4.48. The standard InChI is InChI=1S/C17H14ClFOS/c18-10-8-15(12-4-2-1-3-5-12)20-16-7-6-14(19)17-13(16)9-11-21-17/h1-7,9,11,15H,8,10H2. The van der Waals surface area contributed by atoms with E-state index in [0.717, 1.165) is 10.9 Å². The molecule has 0 aliphatic heterocycles. The summed E-state index contributed by atoms with van der Waals surface area (Å²) in [5, 5.41) is 2.69. The quantitative estimate of drug-likeness (QED) is 0.541. The van der Waals surface area contributed by atoms with Crippen LogP contribution in [0.4, 0.5) is 4.39 Å². The first kappa shape index (κ1) is 14.4. The maximum absolute atomic E-state index is 13.7. The van der Waals surface area contributed by atoms with E-state index in [1.165, 1.54) is 17.4 Å². The van der Waals surface area contributed by atoms with Gasteiger partial charge >= 0.3 is 0 Å². The predicted molar refractivity (Wildman–Crippen MR) is 86.9 cm³/mol. The van der Waals surface area contributed by atoms with Gasteiger partial charge in [-0.3, -0.25) is 0 Å². The molecule has 1 nitrogen and oxygen atoms in total. The molecule has 0 radical (unpaired) electrons. The highest BCUT2D eigenvalue weighted by molar-refractivity contribution is 7.17. The number of fused-ring (bicyclic) bond motifs is 1. The molecule has 21 heavy (non-hydrogen) atoms. The van der Waals surface area contributed by atoms with Crippen molar-refractivity contribution in [3.63, 3.8) is 0 Å². The van der Waals surface area contributed by atoms with E-state index in [1.807, 2.05) is 41.8 Å². The van der Waals surface area contributed by atoms with Crippen LogP contribution in [0.15, 0.2) is 53.9 Å². The summed E-state index contributed by atoms with van der Waals surface area (Å²) in [6, 6.07) is 15.0. The molecule has 3 aromatic rings. The Hall–Kier alpha value is -1.58. The lowest BCUT2D eigenvalue weighted by Crippen LogP contribution is -2.08. The number of hydrogen-bond donors (Lipinski definition) is 0. The molecule has 0 aliphatic carbocycles. The van der Waals surface area contributed by atoms with Gasteiger partial charge in [0.1, 0.15) is 17.7 Å². The molecule has 1 atom stereocenters. The molecule has 0 spiro atoms. The lowest BCUT2D eigenvalue weighted by atomic mass is 10.1. The van der Waals surface area contributed by atoms with Crippen molar-refractivity contribution < 1.29 is 9.13 Å². The fourth-order valence-corrected chi connectivity index (χ4v) is 3.33. The van der Waals surface area contributed by atoms with Crippen molar-refractivity contribution in [2.75, 3.05) is 5.88 Å². The molecule has 0 saturated heterocycles. The molecule has 4 heteroatoms. The number of ether oxygens (including phenoxy) is 1. The summed E-state index contributed by atoms with van der Waals surface area (Å²) in [6.45, 7) is 0. The minimum atomic E-state index is -0.207. The summed E-state index contributed by atoms with van der Waals surface area (Å²) >= 11 is 7.28.